The molecule has 14 heavy (non-hydrogen) atoms. The van der Waals surface area contributed by atoms with Crippen molar-refractivity contribution in [2.75, 3.05) is 0 Å². The minimum atomic E-state index is 0. The monoisotopic (exact) mass is 237 g/mol. The third-order valence-electron chi connectivity index (χ3n) is 1.59. The van der Waals surface area contributed by atoms with Gasteiger partial charge in [-0.2, -0.15) is 0 Å². The van der Waals surface area contributed by atoms with E-state index in [-0.39, 0.29) is 26.9 Å². The van der Waals surface area contributed by atoms with E-state index in [1.165, 1.54) is 0 Å². The summed E-state index contributed by atoms with van der Waals surface area (Å²) in [6.07, 6.45) is 1.75. The molecule has 3 nitrogen and oxygen atoms in total. The maximum Gasteiger partial charge on any atom is 2.00 e. The molecule has 0 bridgehead atoms. The van der Waals surface area contributed by atoms with Crippen LogP contribution < -0.4 is 5.10 Å². The standard InChI is InChI=1S/C9H8N3.CH3.Zn/c1-7-6-9(12-11-7)8-4-2-3-5-10-8;;/h2-6H,1H3;1H3;/q2*-1;+2. The van der Waals surface area contributed by atoms with Crippen molar-refractivity contribution in [2.24, 2.45) is 0 Å². The Balaban J connectivity index is 0.000000845. The average Bonchev–Trinajstić information content (AvgIpc) is 2.54. The molecule has 0 atom stereocenters. The van der Waals surface area contributed by atoms with Crippen LogP contribution in [0.3, 0.4) is 0 Å². The zero-order chi connectivity index (χ0) is 8.39. The van der Waals surface area contributed by atoms with Crippen LogP contribution in [-0.2, 0) is 19.5 Å². The number of aryl methyl sites for hydroxylation is 1. The summed E-state index contributed by atoms with van der Waals surface area (Å²) >= 11 is 0. The first-order chi connectivity index (χ1) is 5.86. The smallest absolute Gasteiger partial charge is 0.574 e. The quantitative estimate of drug-likeness (QED) is 0.562. The Bertz CT molecular complexity index is 370. The Hall–Kier alpha value is -1.02. The van der Waals surface area contributed by atoms with Gasteiger partial charge in [0.1, 0.15) is 0 Å². The van der Waals surface area contributed by atoms with Crippen LogP contribution in [-0.4, -0.2) is 10.1 Å². The fourth-order valence-electron chi connectivity index (χ4n) is 1.03. The maximum atomic E-state index is 4.16. The molecule has 2 aromatic rings. The molecule has 4 heteroatoms. The number of pyridine rings is 1. The summed E-state index contributed by atoms with van der Waals surface area (Å²) in [6, 6.07) is 7.66. The second kappa shape index (κ2) is 5.66. The van der Waals surface area contributed by atoms with Crippen molar-refractivity contribution < 1.29 is 19.5 Å². The van der Waals surface area contributed by atoms with Crippen LogP contribution in [0.2, 0.25) is 0 Å². The predicted molar refractivity (Wildman–Crippen MR) is 51.9 cm³/mol. The van der Waals surface area contributed by atoms with Gasteiger partial charge in [0.15, 0.2) is 0 Å². The van der Waals surface area contributed by atoms with Crippen molar-refractivity contribution in [3.05, 3.63) is 43.6 Å². The normalized spacial score (nSPS) is 8.64. The van der Waals surface area contributed by atoms with E-state index in [2.05, 4.69) is 15.2 Å². The summed E-state index contributed by atoms with van der Waals surface area (Å²) in [6.45, 7) is 1.92. The zero-order valence-corrected chi connectivity index (χ0v) is 11.4. The van der Waals surface area contributed by atoms with Crippen molar-refractivity contribution in [1.29, 1.82) is 0 Å². The second-order valence-electron chi connectivity index (χ2n) is 2.59. The van der Waals surface area contributed by atoms with Gasteiger partial charge in [-0.05, 0) is 19.1 Å². The van der Waals surface area contributed by atoms with Crippen LogP contribution in [0.25, 0.3) is 11.4 Å². The third-order valence-corrected chi connectivity index (χ3v) is 1.59. The molecule has 0 saturated heterocycles. The minimum Gasteiger partial charge on any atom is -0.574 e. The van der Waals surface area contributed by atoms with Crippen LogP contribution in [0.15, 0.2) is 30.5 Å². The molecule has 2 aromatic heterocycles. The molecule has 0 aliphatic heterocycles. The van der Waals surface area contributed by atoms with E-state index in [9.17, 15) is 0 Å². The fraction of sp³-hybridized carbons (Fsp3) is 0.100. The van der Waals surface area contributed by atoms with E-state index < -0.39 is 0 Å². The molecule has 68 valence electrons. The number of hydrogen-bond donors (Lipinski definition) is 0. The molecular formula is C10H11N3Zn. The van der Waals surface area contributed by atoms with E-state index in [0.29, 0.717) is 0 Å². The first-order valence-corrected chi connectivity index (χ1v) is 3.75. The van der Waals surface area contributed by atoms with Crippen LogP contribution in [0, 0.1) is 14.4 Å². The molecule has 0 amide bonds. The van der Waals surface area contributed by atoms with Crippen LogP contribution in [0.5, 0.6) is 0 Å². The van der Waals surface area contributed by atoms with Gasteiger partial charge in [0.05, 0.1) is 0 Å². The number of aromatic nitrogens is 3. The number of hydrogen-bond acceptors (Lipinski definition) is 2. The van der Waals surface area contributed by atoms with E-state index >= 15 is 0 Å². The van der Waals surface area contributed by atoms with E-state index in [4.69, 9.17) is 0 Å². The summed E-state index contributed by atoms with van der Waals surface area (Å²) in [5.74, 6) is 0. The Labute approximate surface area is 96.7 Å². The van der Waals surface area contributed by atoms with Crippen LogP contribution >= 0.6 is 0 Å². The van der Waals surface area contributed by atoms with Crippen molar-refractivity contribution >= 4 is 0 Å². The second-order valence-corrected chi connectivity index (χ2v) is 2.59. The summed E-state index contributed by atoms with van der Waals surface area (Å²) in [5.41, 5.74) is 2.64. The molecule has 0 unspecified atom stereocenters. The van der Waals surface area contributed by atoms with Crippen LogP contribution in [0.1, 0.15) is 5.69 Å². The van der Waals surface area contributed by atoms with Gasteiger partial charge in [-0.15, -0.1) is 0 Å². The Morgan fingerprint density at radius 2 is 2.07 bits per heavy atom. The van der Waals surface area contributed by atoms with Gasteiger partial charge in [-0.3, -0.25) is 4.98 Å². The van der Waals surface area contributed by atoms with Gasteiger partial charge >= 0.3 is 19.5 Å². The Kier molecular flexibility index (Phi) is 5.25. The van der Waals surface area contributed by atoms with Gasteiger partial charge in [0.25, 0.3) is 0 Å². The number of nitrogens with zero attached hydrogens (tertiary/aromatic N) is 3. The number of rotatable bonds is 1. The Morgan fingerprint density at radius 1 is 1.29 bits per heavy atom. The van der Waals surface area contributed by atoms with Gasteiger partial charge in [-0.1, -0.05) is 17.8 Å². The molecule has 0 N–H and O–H groups in total. The molecule has 0 saturated carbocycles. The summed E-state index contributed by atoms with van der Waals surface area (Å²) in [7, 11) is 0. The minimum absolute atomic E-state index is 0. The van der Waals surface area contributed by atoms with Gasteiger partial charge in [-0.25, -0.2) is 0 Å². The SMILES string of the molecule is Cc1cc(-c2ccccn2)[n-]n1.[CH3-].[Zn+2]. The van der Waals surface area contributed by atoms with E-state index in [0.717, 1.165) is 17.1 Å². The average molecular weight is 239 g/mol. The van der Waals surface area contributed by atoms with Gasteiger partial charge < -0.3 is 17.6 Å². The summed E-state index contributed by atoms with van der Waals surface area (Å²) < 4.78 is 0. The van der Waals surface area contributed by atoms with E-state index in [1.54, 1.807) is 6.20 Å². The fourth-order valence-corrected chi connectivity index (χ4v) is 1.03. The molecule has 0 fully saturated rings. The third kappa shape index (κ3) is 2.74. The predicted octanol–water partition coefficient (Wildman–Crippen LogP) is 1.86. The Morgan fingerprint density at radius 3 is 2.57 bits per heavy atom. The first-order valence-electron chi connectivity index (χ1n) is 3.75. The molecule has 0 aliphatic carbocycles. The van der Waals surface area contributed by atoms with Crippen molar-refractivity contribution in [1.82, 2.24) is 15.2 Å². The molecular weight excluding hydrogens is 228 g/mol. The maximum absolute atomic E-state index is 4.16. The van der Waals surface area contributed by atoms with Gasteiger partial charge in [0.2, 0.25) is 0 Å². The van der Waals surface area contributed by atoms with Crippen molar-refractivity contribution in [2.45, 2.75) is 6.92 Å². The largest absolute Gasteiger partial charge is 2.00 e. The van der Waals surface area contributed by atoms with Crippen molar-refractivity contribution in [3.8, 4) is 11.4 Å². The van der Waals surface area contributed by atoms with Crippen molar-refractivity contribution in [3.63, 3.8) is 0 Å². The molecule has 0 spiro atoms. The van der Waals surface area contributed by atoms with Crippen LogP contribution in [0.4, 0.5) is 0 Å². The topological polar surface area (TPSA) is 39.9 Å². The molecule has 0 radical (unpaired) electrons. The summed E-state index contributed by atoms with van der Waals surface area (Å²) in [5, 5.41) is 7.88. The van der Waals surface area contributed by atoms with Gasteiger partial charge in [0, 0.05) is 17.6 Å². The summed E-state index contributed by atoms with van der Waals surface area (Å²) in [4.78, 5) is 4.16. The van der Waals surface area contributed by atoms with E-state index in [1.807, 2.05) is 31.2 Å². The zero-order valence-electron chi connectivity index (χ0n) is 8.44. The molecule has 0 aliphatic rings. The molecule has 0 aromatic carbocycles. The molecule has 2 rings (SSSR count). The molecule has 2 heterocycles. The first kappa shape index (κ1) is 13.0.